The van der Waals surface area contributed by atoms with E-state index in [4.69, 9.17) is 17.3 Å². The molecular weight excluding hydrogens is 488 g/mol. The second-order valence-corrected chi connectivity index (χ2v) is 10.2. The first-order valence-electron chi connectivity index (χ1n) is 11.7. The highest BCUT2D eigenvalue weighted by molar-refractivity contribution is 7.99. The minimum Gasteiger partial charge on any atom is -0.369 e. The lowest BCUT2D eigenvalue weighted by Crippen LogP contribution is -2.54. The van der Waals surface area contributed by atoms with Gasteiger partial charge < -0.3 is 20.4 Å². The zero-order valence-corrected chi connectivity index (χ0v) is 21.2. The van der Waals surface area contributed by atoms with E-state index in [1.807, 2.05) is 42.2 Å². The van der Waals surface area contributed by atoms with Crippen LogP contribution in [0.2, 0.25) is 5.15 Å². The summed E-state index contributed by atoms with van der Waals surface area (Å²) in [5.74, 6) is 0.414. The van der Waals surface area contributed by atoms with Gasteiger partial charge in [0.15, 0.2) is 5.16 Å². The number of amides is 3. The van der Waals surface area contributed by atoms with E-state index in [0.29, 0.717) is 67.3 Å². The van der Waals surface area contributed by atoms with Crippen LogP contribution in [0.1, 0.15) is 30.1 Å². The summed E-state index contributed by atoms with van der Waals surface area (Å²) in [4.78, 5) is 51.5. The number of aromatic nitrogens is 2. The van der Waals surface area contributed by atoms with Crippen LogP contribution in [0.3, 0.4) is 0 Å². The van der Waals surface area contributed by atoms with Gasteiger partial charge in [0.05, 0.1) is 5.75 Å². The number of halogens is 1. The van der Waals surface area contributed by atoms with E-state index in [-0.39, 0.29) is 35.4 Å². The lowest BCUT2D eigenvalue weighted by Gasteiger charge is -2.40. The standard InChI is InChI=1S/C24H29ClN6O3S/c1-16-14-30(11-12-31(16)23(34)18-5-3-2-4-6-18)20-13-19(25)27-24(28-20)35-15-21(32)29-9-7-17(8-10-29)22(26)33/h2-6,13,16-17H,7-12,14-15H2,1H3,(H2,26,33). The fraction of sp³-hybridized carbons (Fsp3) is 0.458. The Morgan fingerprint density at radius 2 is 1.80 bits per heavy atom. The largest absolute Gasteiger partial charge is 0.369 e. The van der Waals surface area contributed by atoms with E-state index in [1.54, 1.807) is 11.0 Å². The zero-order chi connectivity index (χ0) is 24.9. The summed E-state index contributed by atoms with van der Waals surface area (Å²) in [5.41, 5.74) is 6.05. The van der Waals surface area contributed by atoms with Crippen molar-refractivity contribution >= 4 is 46.9 Å². The predicted molar refractivity (Wildman–Crippen MR) is 135 cm³/mol. The lowest BCUT2D eigenvalue weighted by molar-refractivity contribution is -0.132. The molecule has 0 radical (unpaired) electrons. The van der Waals surface area contributed by atoms with E-state index in [9.17, 15) is 14.4 Å². The van der Waals surface area contributed by atoms with Gasteiger partial charge in [0.2, 0.25) is 11.8 Å². The molecule has 1 aromatic carbocycles. The fourth-order valence-corrected chi connectivity index (χ4v) is 5.44. The van der Waals surface area contributed by atoms with Crippen molar-refractivity contribution in [3.05, 3.63) is 47.1 Å². The van der Waals surface area contributed by atoms with E-state index in [0.717, 1.165) is 0 Å². The van der Waals surface area contributed by atoms with E-state index >= 15 is 0 Å². The third kappa shape index (κ3) is 6.24. The lowest BCUT2D eigenvalue weighted by atomic mass is 9.96. The van der Waals surface area contributed by atoms with Gasteiger partial charge in [0.25, 0.3) is 5.91 Å². The highest BCUT2D eigenvalue weighted by Crippen LogP contribution is 2.25. The third-order valence-corrected chi connectivity index (χ3v) is 7.49. The highest BCUT2D eigenvalue weighted by atomic mass is 35.5. The van der Waals surface area contributed by atoms with Crippen LogP contribution in [-0.2, 0) is 9.59 Å². The molecule has 2 N–H and O–H groups in total. The average Bonchev–Trinajstić information content (AvgIpc) is 2.87. The summed E-state index contributed by atoms with van der Waals surface area (Å²) in [6, 6.07) is 11.0. The minimum atomic E-state index is -0.300. The second-order valence-electron chi connectivity index (χ2n) is 8.84. The number of benzene rings is 1. The Hall–Kier alpha value is -2.85. The molecule has 11 heteroatoms. The fourth-order valence-electron chi connectivity index (χ4n) is 4.46. The molecule has 0 saturated carbocycles. The monoisotopic (exact) mass is 516 g/mol. The van der Waals surface area contributed by atoms with Crippen LogP contribution in [0, 0.1) is 5.92 Å². The molecule has 0 aliphatic carbocycles. The van der Waals surface area contributed by atoms with E-state index < -0.39 is 0 Å². The molecule has 186 valence electrons. The quantitative estimate of drug-likeness (QED) is 0.356. The number of primary amides is 1. The number of hydrogen-bond acceptors (Lipinski definition) is 7. The van der Waals surface area contributed by atoms with E-state index in [1.165, 1.54) is 11.8 Å². The molecule has 2 aliphatic heterocycles. The number of carbonyl (C=O) groups is 3. The Bertz CT molecular complexity index is 1080. The number of piperazine rings is 1. The summed E-state index contributed by atoms with van der Waals surface area (Å²) in [5, 5.41) is 0.742. The van der Waals surface area contributed by atoms with Crippen LogP contribution in [0.25, 0.3) is 0 Å². The van der Waals surface area contributed by atoms with Crippen LogP contribution in [-0.4, -0.2) is 82.0 Å². The van der Waals surface area contributed by atoms with Crippen molar-refractivity contribution in [2.75, 3.05) is 43.4 Å². The summed E-state index contributed by atoms with van der Waals surface area (Å²) < 4.78 is 0. The van der Waals surface area contributed by atoms with Gasteiger partial charge in [-0.05, 0) is 31.9 Å². The molecule has 0 bridgehead atoms. The van der Waals surface area contributed by atoms with Gasteiger partial charge in [0, 0.05) is 56.3 Å². The second kappa shape index (κ2) is 11.3. The van der Waals surface area contributed by atoms with Crippen molar-refractivity contribution in [1.82, 2.24) is 19.8 Å². The predicted octanol–water partition coefficient (Wildman–Crippen LogP) is 2.30. The molecule has 3 heterocycles. The van der Waals surface area contributed by atoms with Gasteiger partial charge in [-0.2, -0.15) is 0 Å². The molecule has 2 saturated heterocycles. The summed E-state index contributed by atoms with van der Waals surface area (Å²) in [6.45, 7) is 4.87. The zero-order valence-electron chi connectivity index (χ0n) is 19.6. The van der Waals surface area contributed by atoms with Crippen LogP contribution >= 0.6 is 23.4 Å². The van der Waals surface area contributed by atoms with Gasteiger partial charge >= 0.3 is 0 Å². The van der Waals surface area contributed by atoms with Gasteiger partial charge in [0.1, 0.15) is 11.0 Å². The van der Waals surface area contributed by atoms with Crippen molar-refractivity contribution in [2.45, 2.75) is 31.0 Å². The van der Waals surface area contributed by atoms with Gasteiger partial charge in [-0.15, -0.1) is 0 Å². The first-order valence-corrected chi connectivity index (χ1v) is 13.0. The maximum absolute atomic E-state index is 12.9. The first-order chi connectivity index (χ1) is 16.8. The molecule has 2 aromatic rings. The number of carbonyl (C=O) groups excluding carboxylic acids is 3. The summed E-state index contributed by atoms with van der Waals surface area (Å²) in [6.07, 6.45) is 1.20. The van der Waals surface area contributed by atoms with Crippen molar-refractivity contribution < 1.29 is 14.4 Å². The number of nitrogens with two attached hydrogens (primary N) is 1. The summed E-state index contributed by atoms with van der Waals surface area (Å²) >= 11 is 7.52. The van der Waals surface area contributed by atoms with Gasteiger partial charge in [-0.1, -0.05) is 41.6 Å². The smallest absolute Gasteiger partial charge is 0.254 e. The van der Waals surface area contributed by atoms with Crippen molar-refractivity contribution in [2.24, 2.45) is 11.7 Å². The molecule has 2 fully saturated rings. The van der Waals surface area contributed by atoms with E-state index in [2.05, 4.69) is 14.9 Å². The van der Waals surface area contributed by atoms with Crippen LogP contribution < -0.4 is 10.6 Å². The number of hydrogen-bond donors (Lipinski definition) is 1. The van der Waals surface area contributed by atoms with Crippen molar-refractivity contribution in [1.29, 1.82) is 0 Å². The molecular formula is C24H29ClN6O3S. The van der Waals surface area contributed by atoms with Gasteiger partial charge in [-0.3, -0.25) is 14.4 Å². The maximum Gasteiger partial charge on any atom is 0.254 e. The molecule has 9 nitrogen and oxygen atoms in total. The highest BCUT2D eigenvalue weighted by Gasteiger charge is 2.29. The number of nitrogens with zero attached hydrogens (tertiary/aromatic N) is 5. The SMILES string of the molecule is CC1CN(c2cc(Cl)nc(SCC(=O)N3CCC(C(N)=O)CC3)n2)CCN1C(=O)c1ccccc1. The molecule has 1 unspecified atom stereocenters. The number of rotatable bonds is 6. The molecule has 1 aromatic heterocycles. The number of anilines is 1. The molecule has 4 rings (SSSR count). The normalized spacial score (nSPS) is 19.0. The minimum absolute atomic E-state index is 0.00814. The Balaban J connectivity index is 1.34. The van der Waals surface area contributed by atoms with Crippen molar-refractivity contribution in [3.8, 4) is 0 Å². The summed E-state index contributed by atoms with van der Waals surface area (Å²) in [7, 11) is 0. The molecule has 3 amide bonds. The molecule has 2 aliphatic rings. The van der Waals surface area contributed by atoms with Crippen LogP contribution in [0.4, 0.5) is 5.82 Å². The third-order valence-electron chi connectivity index (χ3n) is 6.47. The molecule has 1 atom stereocenters. The Morgan fingerprint density at radius 1 is 1.09 bits per heavy atom. The van der Waals surface area contributed by atoms with Gasteiger partial charge in [-0.25, -0.2) is 9.97 Å². The number of piperidine rings is 1. The van der Waals surface area contributed by atoms with Crippen LogP contribution in [0.15, 0.2) is 41.6 Å². The Kier molecular flexibility index (Phi) is 8.12. The topological polar surface area (TPSA) is 113 Å². The number of thioether (sulfide) groups is 1. The Labute approximate surface area is 214 Å². The molecule has 0 spiro atoms. The van der Waals surface area contributed by atoms with Crippen molar-refractivity contribution in [3.63, 3.8) is 0 Å². The average molecular weight is 517 g/mol. The van der Waals surface area contributed by atoms with Crippen LogP contribution in [0.5, 0.6) is 0 Å². The maximum atomic E-state index is 12.9. The number of likely N-dealkylation sites (tertiary alicyclic amines) is 1. The Morgan fingerprint density at radius 3 is 2.46 bits per heavy atom. The molecule has 35 heavy (non-hydrogen) atoms. The first kappa shape index (κ1) is 25.2.